The first-order valence-electron chi connectivity index (χ1n) is 6.96. The Bertz CT molecular complexity index is 472. The molecule has 0 bridgehead atoms. The van der Waals surface area contributed by atoms with Crippen LogP contribution in [0.1, 0.15) is 5.56 Å². The molecule has 0 aliphatic carbocycles. The number of ether oxygens (including phenoxy) is 6. The van der Waals surface area contributed by atoms with E-state index in [0.717, 1.165) is 13.6 Å². The number of hydrogen-bond acceptors (Lipinski definition) is 6. The van der Waals surface area contributed by atoms with Gasteiger partial charge >= 0.3 is 0 Å². The third kappa shape index (κ3) is 7.10. The van der Waals surface area contributed by atoms with E-state index in [1.165, 1.54) is 0 Å². The Balaban J connectivity index is 2.88. The van der Waals surface area contributed by atoms with Crippen molar-refractivity contribution in [2.45, 2.75) is 6.42 Å². The summed E-state index contributed by atoms with van der Waals surface area (Å²) in [7, 11) is 4.81. The van der Waals surface area contributed by atoms with Crippen LogP contribution >= 0.6 is 38.5 Å². The van der Waals surface area contributed by atoms with Crippen LogP contribution in [0.4, 0.5) is 0 Å². The highest BCUT2D eigenvalue weighted by molar-refractivity contribution is 14.1. The highest BCUT2D eigenvalue weighted by Gasteiger charge is 2.17. The van der Waals surface area contributed by atoms with Crippen molar-refractivity contribution in [1.29, 1.82) is 0 Å². The topological polar surface area (TPSA) is 55.4 Å². The van der Waals surface area contributed by atoms with E-state index in [2.05, 4.69) is 38.5 Å². The van der Waals surface area contributed by atoms with Gasteiger partial charge in [-0.2, -0.15) is 0 Å². The van der Waals surface area contributed by atoms with Gasteiger partial charge in [-0.1, -0.05) is 0 Å². The van der Waals surface area contributed by atoms with E-state index < -0.39 is 0 Å². The Kier molecular flexibility index (Phi) is 11.2. The van der Waals surface area contributed by atoms with E-state index in [9.17, 15) is 0 Å². The second kappa shape index (κ2) is 12.3. The van der Waals surface area contributed by atoms with Crippen LogP contribution in [0.3, 0.4) is 0 Å². The van der Waals surface area contributed by atoms with Crippen molar-refractivity contribution in [3.05, 3.63) is 19.7 Å². The van der Waals surface area contributed by atoms with Crippen LogP contribution in [0.2, 0.25) is 0 Å². The summed E-state index contributed by atoms with van der Waals surface area (Å²) in [5.41, 5.74) is 1.03. The van der Waals surface area contributed by atoms with Crippen LogP contribution in [0, 0.1) is 3.57 Å². The van der Waals surface area contributed by atoms with Gasteiger partial charge < -0.3 is 28.4 Å². The molecule has 0 aliphatic heterocycles. The van der Waals surface area contributed by atoms with Gasteiger partial charge in [-0.15, -0.1) is 0 Å². The van der Waals surface area contributed by atoms with E-state index in [4.69, 9.17) is 28.4 Å². The number of benzene rings is 1. The molecule has 0 N–H and O–H groups in total. The monoisotopic (exact) mass is 504 g/mol. The van der Waals surface area contributed by atoms with Gasteiger partial charge in [0.2, 0.25) is 0 Å². The molecule has 0 atom stereocenters. The molecule has 0 radical (unpaired) electrons. The van der Waals surface area contributed by atoms with Gasteiger partial charge in [0.15, 0.2) is 19.3 Å². The second-order valence-corrected chi connectivity index (χ2v) is 6.32. The minimum absolute atomic E-state index is 0.159. The van der Waals surface area contributed by atoms with Gasteiger partial charge in [0.1, 0.15) is 5.75 Å². The molecule has 0 saturated heterocycles. The van der Waals surface area contributed by atoms with Crippen LogP contribution in [0.15, 0.2) is 10.5 Å². The molecule has 1 rings (SSSR count). The van der Waals surface area contributed by atoms with E-state index in [1.807, 2.05) is 6.07 Å². The molecule has 6 nitrogen and oxygen atoms in total. The fourth-order valence-corrected chi connectivity index (χ4v) is 3.45. The highest BCUT2D eigenvalue weighted by atomic mass is 127. The summed E-state index contributed by atoms with van der Waals surface area (Å²) in [4.78, 5) is 0. The number of methoxy groups -OCH3 is 3. The highest BCUT2D eigenvalue weighted by Crippen LogP contribution is 2.40. The summed E-state index contributed by atoms with van der Waals surface area (Å²) in [5, 5.41) is 0. The number of rotatable bonds is 12. The summed E-state index contributed by atoms with van der Waals surface area (Å²) in [6.07, 6.45) is 0.716. The molecule has 8 heteroatoms. The maximum absolute atomic E-state index is 5.66. The van der Waals surface area contributed by atoms with E-state index in [1.54, 1.807) is 21.3 Å². The maximum atomic E-state index is 5.66. The average molecular weight is 505 g/mol. The SMILES string of the molecule is COCCOCCc1cc(OCOC)c(I)c(OCOC)c1Br. The van der Waals surface area contributed by atoms with Crippen molar-refractivity contribution >= 4 is 38.5 Å². The van der Waals surface area contributed by atoms with Gasteiger partial charge in [-0.3, -0.25) is 0 Å². The van der Waals surface area contributed by atoms with E-state index in [-0.39, 0.29) is 13.6 Å². The molecule has 132 valence electrons. The molecule has 1 aromatic carbocycles. The van der Waals surface area contributed by atoms with Crippen molar-refractivity contribution in [2.75, 3.05) is 54.7 Å². The van der Waals surface area contributed by atoms with Crippen molar-refractivity contribution < 1.29 is 28.4 Å². The largest absolute Gasteiger partial charge is 0.466 e. The Labute approximate surface area is 159 Å². The molecule has 1 aromatic rings. The first kappa shape index (κ1) is 20.9. The van der Waals surface area contributed by atoms with E-state index in [0.29, 0.717) is 37.7 Å². The summed E-state index contributed by atoms with van der Waals surface area (Å²) in [5.74, 6) is 1.39. The van der Waals surface area contributed by atoms with Crippen molar-refractivity contribution in [1.82, 2.24) is 0 Å². The molecule has 0 saturated carbocycles. The Morgan fingerprint density at radius 3 is 2.30 bits per heavy atom. The zero-order valence-electron chi connectivity index (χ0n) is 13.5. The second-order valence-electron chi connectivity index (χ2n) is 4.45. The lowest BCUT2D eigenvalue weighted by molar-refractivity contribution is 0.0442. The fraction of sp³-hybridized carbons (Fsp3) is 0.600. The zero-order valence-corrected chi connectivity index (χ0v) is 17.3. The predicted molar refractivity (Wildman–Crippen MR) is 98.3 cm³/mol. The summed E-state index contributed by atoms with van der Waals surface area (Å²) in [6.45, 7) is 2.06. The smallest absolute Gasteiger partial charge is 0.188 e. The summed E-state index contributed by atoms with van der Waals surface area (Å²) < 4.78 is 33.5. The zero-order chi connectivity index (χ0) is 17.1. The first-order valence-corrected chi connectivity index (χ1v) is 8.83. The molecular weight excluding hydrogens is 483 g/mol. The standard InChI is InChI=1S/C15H22BrIO6/c1-18-6-7-21-5-4-11-8-12(22-9-19-2)14(17)15(13(11)16)23-10-20-3/h8H,4-7,9-10H2,1-3H3. The van der Waals surface area contributed by atoms with Gasteiger partial charge in [-0.25, -0.2) is 0 Å². The minimum atomic E-state index is 0.159. The Morgan fingerprint density at radius 1 is 0.957 bits per heavy atom. The minimum Gasteiger partial charge on any atom is -0.466 e. The van der Waals surface area contributed by atoms with Crippen molar-refractivity contribution in [2.24, 2.45) is 0 Å². The van der Waals surface area contributed by atoms with Gasteiger partial charge in [0.25, 0.3) is 0 Å². The lowest BCUT2D eigenvalue weighted by atomic mass is 10.1. The van der Waals surface area contributed by atoms with Crippen LogP contribution in [0.5, 0.6) is 11.5 Å². The predicted octanol–water partition coefficient (Wildman–Crippen LogP) is 3.22. The molecular formula is C15H22BrIO6. The number of halogens is 2. The third-order valence-corrected chi connectivity index (χ3v) is 4.69. The summed E-state index contributed by atoms with van der Waals surface area (Å²) >= 11 is 5.77. The molecule has 0 amide bonds. The van der Waals surface area contributed by atoms with Crippen LogP contribution in [-0.2, 0) is 25.4 Å². The quantitative estimate of drug-likeness (QED) is 0.247. The molecule has 0 aromatic heterocycles. The maximum Gasteiger partial charge on any atom is 0.188 e. The van der Waals surface area contributed by atoms with Crippen molar-refractivity contribution in [3.8, 4) is 11.5 Å². The first-order chi connectivity index (χ1) is 11.2. The summed E-state index contributed by atoms with van der Waals surface area (Å²) in [6, 6.07) is 1.96. The molecule has 23 heavy (non-hydrogen) atoms. The molecule has 0 fully saturated rings. The Hall–Kier alpha value is -0.130. The molecule has 0 spiro atoms. The van der Waals surface area contributed by atoms with E-state index >= 15 is 0 Å². The lowest BCUT2D eigenvalue weighted by Crippen LogP contribution is -2.09. The fourth-order valence-electron chi connectivity index (χ4n) is 1.72. The third-order valence-electron chi connectivity index (χ3n) is 2.80. The van der Waals surface area contributed by atoms with Gasteiger partial charge in [0.05, 0.1) is 27.9 Å². The molecule has 0 aliphatic rings. The average Bonchev–Trinajstić information content (AvgIpc) is 2.55. The van der Waals surface area contributed by atoms with Gasteiger partial charge in [0, 0.05) is 21.3 Å². The molecule has 0 heterocycles. The van der Waals surface area contributed by atoms with Crippen LogP contribution < -0.4 is 9.47 Å². The number of hydrogen-bond donors (Lipinski definition) is 0. The Morgan fingerprint density at radius 2 is 1.65 bits per heavy atom. The van der Waals surface area contributed by atoms with Crippen molar-refractivity contribution in [3.63, 3.8) is 0 Å². The molecule has 0 unspecified atom stereocenters. The van der Waals surface area contributed by atoms with Crippen LogP contribution in [0.25, 0.3) is 0 Å². The lowest BCUT2D eigenvalue weighted by Gasteiger charge is -2.17. The van der Waals surface area contributed by atoms with Crippen LogP contribution in [-0.4, -0.2) is 54.7 Å². The van der Waals surface area contributed by atoms with Gasteiger partial charge in [-0.05, 0) is 56.6 Å². The normalized spacial score (nSPS) is 10.8.